The van der Waals surface area contributed by atoms with E-state index in [0.29, 0.717) is 21.4 Å². The molecule has 1 atom stereocenters. The molecule has 0 saturated carbocycles. The Morgan fingerprint density at radius 2 is 1.59 bits per heavy atom. The molecular formula is C34H35Cl2N3O6S. The number of ether oxygens (including phenoxy) is 2. The predicted molar refractivity (Wildman–Crippen MR) is 180 cm³/mol. The summed E-state index contributed by atoms with van der Waals surface area (Å²) < 4.78 is 40.5. The Labute approximate surface area is 279 Å². The van der Waals surface area contributed by atoms with Gasteiger partial charge in [0.2, 0.25) is 11.8 Å². The minimum atomic E-state index is -4.35. The van der Waals surface area contributed by atoms with Gasteiger partial charge >= 0.3 is 0 Å². The van der Waals surface area contributed by atoms with Crippen molar-refractivity contribution in [3.63, 3.8) is 0 Å². The number of amides is 2. The Bertz CT molecular complexity index is 1790. The molecule has 4 rings (SSSR count). The SMILES string of the molecule is CNC(=O)C(Cc1ccccc1)N(Cc1ccc(Cl)cc1Cl)C(=O)CN(c1cc(OC)ccc1OC)S(=O)(=O)c1ccc(C)cc1. The molecular weight excluding hydrogens is 649 g/mol. The number of aryl methyl sites for hydroxylation is 1. The van der Waals surface area contributed by atoms with Gasteiger partial charge in [-0.1, -0.05) is 77.3 Å². The van der Waals surface area contributed by atoms with Gasteiger partial charge in [-0.3, -0.25) is 13.9 Å². The first-order valence-corrected chi connectivity index (χ1v) is 16.5. The average Bonchev–Trinajstić information content (AvgIpc) is 3.05. The molecule has 0 bridgehead atoms. The van der Waals surface area contributed by atoms with Crippen LogP contribution in [0.15, 0.2) is 95.9 Å². The summed E-state index contributed by atoms with van der Waals surface area (Å²) in [5.74, 6) is -0.543. The fourth-order valence-electron chi connectivity index (χ4n) is 4.90. The molecule has 0 fully saturated rings. The number of benzene rings is 4. The number of nitrogens with zero attached hydrogens (tertiary/aromatic N) is 2. The summed E-state index contributed by atoms with van der Waals surface area (Å²) in [6.45, 7) is 1.06. The van der Waals surface area contributed by atoms with Gasteiger partial charge in [-0.05, 0) is 54.4 Å². The van der Waals surface area contributed by atoms with Crippen molar-refractivity contribution < 1.29 is 27.5 Å². The molecule has 12 heteroatoms. The Morgan fingerprint density at radius 1 is 0.891 bits per heavy atom. The molecule has 9 nitrogen and oxygen atoms in total. The van der Waals surface area contributed by atoms with Crippen molar-refractivity contribution in [3.8, 4) is 11.5 Å². The Hall–Kier alpha value is -4.25. The number of sulfonamides is 1. The van der Waals surface area contributed by atoms with Gasteiger partial charge in [0.15, 0.2) is 0 Å². The van der Waals surface area contributed by atoms with E-state index >= 15 is 0 Å². The Morgan fingerprint density at radius 3 is 2.20 bits per heavy atom. The Kier molecular flexibility index (Phi) is 11.6. The van der Waals surface area contributed by atoms with E-state index in [1.54, 1.807) is 42.5 Å². The summed E-state index contributed by atoms with van der Waals surface area (Å²) in [4.78, 5) is 29.3. The molecule has 242 valence electrons. The van der Waals surface area contributed by atoms with Crippen molar-refractivity contribution in [1.29, 1.82) is 0 Å². The monoisotopic (exact) mass is 683 g/mol. The zero-order valence-corrected chi connectivity index (χ0v) is 28.2. The van der Waals surface area contributed by atoms with Crippen LogP contribution in [0.2, 0.25) is 10.0 Å². The number of likely N-dealkylation sites (N-methyl/N-ethyl adjacent to an activating group) is 1. The number of halogens is 2. The molecule has 46 heavy (non-hydrogen) atoms. The molecule has 0 spiro atoms. The van der Waals surface area contributed by atoms with E-state index in [-0.39, 0.29) is 29.3 Å². The lowest BCUT2D eigenvalue weighted by atomic mass is 10.0. The topological polar surface area (TPSA) is 105 Å². The third-order valence-electron chi connectivity index (χ3n) is 7.42. The van der Waals surface area contributed by atoms with Gasteiger partial charge < -0.3 is 19.7 Å². The van der Waals surface area contributed by atoms with Crippen LogP contribution in [0.25, 0.3) is 0 Å². The summed E-state index contributed by atoms with van der Waals surface area (Å²) in [6, 6.07) is 24.0. The number of hydrogen-bond donors (Lipinski definition) is 1. The van der Waals surface area contributed by atoms with Crippen LogP contribution in [-0.2, 0) is 32.6 Å². The zero-order valence-electron chi connectivity index (χ0n) is 25.9. The molecule has 4 aromatic rings. The summed E-state index contributed by atoms with van der Waals surface area (Å²) in [5, 5.41) is 3.35. The zero-order chi connectivity index (χ0) is 33.4. The van der Waals surface area contributed by atoms with E-state index < -0.39 is 34.4 Å². The van der Waals surface area contributed by atoms with E-state index in [2.05, 4.69) is 5.32 Å². The second-order valence-electron chi connectivity index (χ2n) is 10.4. The maximum Gasteiger partial charge on any atom is 0.264 e. The molecule has 0 aliphatic rings. The van der Waals surface area contributed by atoms with Crippen molar-refractivity contribution in [2.45, 2.75) is 30.8 Å². The number of carbonyl (C=O) groups is 2. The number of hydrogen-bond acceptors (Lipinski definition) is 6. The van der Waals surface area contributed by atoms with Crippen LogP contribution < -0.4 is 19.1 Å². The van der Waals surface area contributed by atoms with Gasteiger partial charge in [-0.15, -0.1) is 0 Å². The van der Waals surface area contributed by atoms with E-state index in [9.17, 15) is 18.0 Å². The first-order valence-electron chi connectivity index (χ1n) is 14.3. The molecule has 4 aromatic carbocycles. The molecule has 0 saturated heterocycles. The molecule has 0 aliphatic carbocycles. The minimum absolute atomic E-state index is 0.0322. The third kappa shape index (κ3) is 8.12. The lowest BCUT2D eigenvalue weighted by Crippen LogP contribution is -2.53. The first kappa shape index (κ1) is 34.6. The molecule has 0 heterocycles. The van der Waals surface area contributed by atoms with Crippen molar-refractivity contribution in [2.75, 3.05) is 32.1 Å². The van der Waals surface area contributed by atoms with Crippen molar-refractivity contribution in [1.82, 2.24) is 10.2 Å². The standard InChI is InChI=1S/C34H35Cl2N3O6S/c1-23-10-15-28(16-11-23)46(42,43)39(30-20-27(44-3)14-17-32(30)45-4)22-33(40)38(21-25-12-13-26(35)19-29(25)36)31(34(41)37-2)18-24-8-6-5-7-9-24/h5-17,19-20,31H,18,21-22H2,1-4H3,(H,37,41). The Balaban J connectivity index is 1.87. The van der Waals surface area contributed by atoms with Crippen LogP contribution in [0, 0.1) is 6.92 Å². The van der Waals surface area contributed by atoms with Gasteiger partial charge in [-0.25, -0.2) is 8.42 Å². The van der Waals surface area contributed by atoms with Crippen molar-refractivity contribution in [3.05, 3.63) is 118 Å². The van der Waals surface area contributed by atoms with Crippen molar-refractivity contribution >= 4 is 50.7 Å². The largest absolute Gasteiger partial charge is 0.497 e. The maximum atomic E-state index is 14.5. The van der Waals surface area contributed by atoms with Crippen LogP contribution in [0.1, 0.15) is 16.7 Å². The van der Waals surface area contributed by atoms with Gasteiger partial charge in [0.05, 0.1) is 24.8 Å². The summed E-state index contributed by atoms with van der Waals surface area (Å²) in [7, 11) is -0.0162. The van der Waals surface area contributed by atoms with Gasteiger partial charge in [0, 0.05) is 36.1 Å². The number of carbonyl (C=O) groups excluding carboxylic acids is 2. The fourth-order valence-corrected chi connectivity index (χ4v) is 6.78. The van der Waals surface area contributed by atoms with E-state index in [0.717, 1.165) is 15.4 Å². The maximum absolute atomic E-state index is 14.5. The van der Waals surface area contributed by atoms with Crippen LogP contribution >= 0.6 is 23.2 Å². The molecule has 2 amide bonds. The fraction of sp³-hybridized carbons (Fsp3) is 0.235. The summed E-state index contributed by atoms with van der Waals surface area (Å²) in [6.07, 6.45) is 0.157. The molecule has 0 aromatic heterocycles. The van der Waals surface area contributed by atoms with Crippen molar-refractivity contribution in [2.24, 2.45) is 0 Å². The summed E-state index contributed by atoms with van der Waals surface area (Å²) >= 11 is 12.7. The highest BCUT2D eigenvalue weighted by molar-refractivity contribution is 7.92. The van der Waals surface area contributed by atoms with Crippen LogP contribution in [-0.4, -0.2) is 59.0 Å². The highest BCUT2D eigenvalue weighted by atomic mass is 35.5. The lowest BCUT2D eigenvalue weighted by Gasteiger charge is -2.34. The normalized spacial score (nSPS) is 11.8. The smallest absolute Gasteiger partial charge is 0.264 e. The number of methoxy groups -OCH3 is 2. The minimum Gasteiger partial charge on any atom is -0.497 e. The lowest BCUT2D eigenvalue weighted by molar-refractivity contribution is -0.139. The number of nitrogens with one attached hydrogen (secondary N) is 1. The average molecular weight is 685 g/mol. The first-order chi connectivity index (χ1) is 22.0. The third-order valence-corrected chi connectivity index (χ3v) is 9.78. The highest BCUT2D eigenvalue weighted by Gasteiger charge is 2.35. The van der Waals surface area contributed by atoms with E-state index in [1.807, 2.05) is 37.3 Å². The predicted octanol–water partition coefficient (Wildman–Crippen LogP) is 5.90. The molecule has 0 aliphatic heterocycles. The van der Waals surface area contributed by atoms with Gasteiger partial charge in [-0.2, -0.15) is 0 Å². The number of rotatable bonds is 13. The highest BCUT2D eigenvalue weighted by Crippen LogP contribution is 2.36. The van der Waals surface area contributed by atoms with Crippen LogP contribution in [0.5, 0.6) is 11.5 Å². The molecule has 1 N–H and O–H groups in total. The van der Waals surface area contributed by atoms with Crippen LogP contribution in [0.3, 0.4) is 0 Å². The molecule has 0 radical (unpaired) electrons. The van der Waals surface area contributed by atoms with Crippen LogP contribution in [0.4, 0.5) is 5.69 Å². The number of anilines is 1. The van der Waals surface area contributed by atoms with E-state index in [1.165, 1.54) is 44.4 Å². The van der Waals surface area contributed by atoms with Gasteiger partial charge in [0.1, 0.15) is 24.1 Å². The molecule has 1 unspecified atom stereocenters. The second kappa shape index (κ2) is 15.4. The van der Waals surface area contributed by atoms with Gasteiger partial charge in [0.25, 0.3) is 10.0 Å². The van der Waals surface area contributed by atoms with E-state index in [4.69, 9.17) is 32.7 Å². The quantitative estimate of drug-likeness (QED) is 0.188. The summed E-state index contributed by atoms with van der Waals surface area (Å²) in [5.41, 5.74) is 2.27. The second-order valence-corrected chi connectivity index (χ2v) is 13.1.